The number of carbonyl (C=O) groups excluding carboxylic acids is 1. The summed E-state index contributed by atoms with van der Waals surface area (Å²) in [6.07, 6.45) is 4.32. The second-order valence-corrected chi connectivity index (χ2v) is 5.36. The van der Waals surface area contributed by atoms with Gasteiger partial charge in [-0.05, 0) is 45.8 Å². The van der Waals surface area contributed by atoms with E-state index in [4.69, 9.17) is 0 Å². The highest BCUT2D eigenvalue weighted by molar-refractivity contribution is 5.82. The van der Waals surface area contributed by atoms with Crippen LogP contribution in [0.4, 0.5) is 0 Å². The Morgan fingerprint density at radius 2 is 2.18 bits per heavy atom. The quantitative estimate of drug-likeness (QED) is 0.770. The first-order valence-corrected chi connectivity index (χ1v) is 6.94. The number of hydrogen-bond donors (Lipinski definition) is 1. The van der Waals surface area contributed by atoms with Crippen LogP contribution >= 0.6 is 0 Å². The highest BCUT2D eigenvalue weighted by Gasteiger charge is 2.32. The molecule has 2 rings (SSSR count). The van der Waals surface area contributed by atoms with Gasteiger partial charge >= 0.3 is 0 Å². The molecular weight excluding hydrogens is 214 g/mol. The van der Waals surface area contributed by atoms with Crippen LogP contribution in [0.3, 0.4) is 0 Å². The van der Waals surface area contributed by atoms with E-state index < -0.39 is 0 Å². The summed E-state index contributed by atoms with van der Waals surface area (Å²) in [6.45, 7) is 6.25. The number of nitrogens with one attached hydrogen (secondary N) is 1. The van der Waals surface area contributed by atoms with Crippen LogP contribution in [0.1, 0.15) is 32.6 Å². The molecule has 2 heterocycles. The third-order valence-electron chi connectivity index (χ3n) is 4.01. The van der Waals surface area contributed by atoms with Crippen molar-refractivity contribution in [1.82, 2.24) is 15.1 Å². The van der Waals surface area contributed by atoms with Gasteiger partial charge in [0.2, 0.25) is 5.91 Å². The van der Waals surface area contributed by atoms with Gasteiger partial charge in [-0.1, -0.05) is 6.92 Å². The zero-order valence-electron chi connectivity index (χ0n) is 11.1. The molecule has 0 aromatic heterocycles. The predicted octanol–water partition coefficient (Wildman–Crippen LogP) is 0.681. The number of likely N-dealkylation sites (N-methyl/N-ethyl adjacent to an activating group) is 1. The van der Waals surface area contributed by atoms with Crippen molar-refractivity contribution in [3.05, 3.63) is 0 Å². The fourth-order valence-corrected chi connectivity index (χ4v) is 2.98. The SMILES string of the molecule is CCC1CN(C)CCCN1C(=O)C1CCCN1. The predicted molar refractivity (Wildman–Crippen MR) is 68.9 cm³/mol. The number of carbonyl (C=O) groups is 1. The van der Waals surface area contributed by atoms with E-state index in [1.807, 2.05) is 0 Å². The van der Waals surface area contributed by atoms with Gasteiger partial charge in [-0.15, -0.1) is 0 Å². The molecule has 1 amide bonds. The second kappa shape index (κ2) is 5.83. The maximum atomic E-state index is 12.5. The van der Waals surface area contributed by atoms with Gasteiger partial charge in [-0.25, -0.2) is 0 Å². The summed E-state index contributed by atoms with van der Waals surface area (Å²) in [5.41, 5.74) is 0. The average Bonchev–Trinajstić information content (AvgIpc) is 2.78. The third-order valence-corrected chi connectivity index (χ3v) is 4.01. The Hall–Kier alpha value is -0.610. The first-order valence-electron chi connectivity index (χ1n) is 6.94. The summed E-state index contributed by atoms with van der Waals surface area (Å²) < 4.78 is 0. The number of amides is 1. The molecule has 2 aliphatic rings. The Morgan fingerprint density at radius 3 is 2.82 bits per heavy atom. The van der Waals surface area contributed by atoms with Crippen molar-refractivity contribution in [2.24, 2.45) is 0 Å². The Labute approximate surface area is 104 Å². The van der Waals surface area contributed by atoms with Crippen molar-refractivity contribution in [2.75, 3.05) is 33.2 Å². The van der Waals surface area contributed by atoms with E-state index in [1.54, 1.807) is 0 Å². The fraction of sp³-hybridized carbons (Fsp3) is 0.923. The van der Waals surface area contributed by atoms with E-state index in [9.17, 15) is 4.79 Å². The highest BCUT2D eigenvalue weighted by atomic mass is 16.2. The molecule has 0 saturated carbocycles. The van der Waals surface area contributed by atoms with Crippen LogP contribution in [-0.4, -0.2) is 61.0 Å². The van der Waals surface area contributed by atoms with Crippen LogP contribution in [0.25, 0.3) is 0 Å². The molecule has 0 bridgehead atoms. The Morgan fingerprint density at radius 1 is 1.35 bits per heavy atom. The molecule has 2 saturated heterocycles. The molecule has 0 spiro atoms. The van der Waals surface area contributed by atoms with Gasteiger partial charge in [0, 0.05) is 19.1 Å². The van der Waals surface area contributed by atoms with Gasteiger partial charge in [0.05, 0.1) is 6.04 Å². The molecule has 0 aliphatic carbocycles. The van der Waals surface area contributed by atoms with E-state index in [0.717, 1.165) is 51.9 Å². The van der Waals surface area contributed by atoms with E-state index in [-0.39, 0.29) is 6.04 Å². The summed E-state index contributed by atoms with van der Waals surface area (Å²) in [4.78, 5) is 17.0. The lowest BCUT2D eigenvalue weighted by atomic mass is 10.1. The van der Waals surface area contributed by atoms with Crippen molar-refractivity contribution >= 4 is 5.91 Å². The summed E-state index contributed by atoms with van der Waals surface area (Å²) in [5.74, 6) is 0.338. The monoisotopic (exact) mass is 239 g/mol. The number of nitrogens with zero attached hydrogens (tertiary/aromatic N) is 2. The summed E-state index contributed by atoms with van der Waals surface area (Å²) >= 11 is 0. The normalized spacial score (nSPS) is 31.5. The lowest BCUT2D eigenvalue weighted by Gasteiger charge is -2.32. The van der Waals surface area contributed by atoms with Crippen LogP contribution in [0.15, 0.2) is 0 Å². The highest BCUT2D eigenvalue weighted by Crippen LogP contribution is 2.16. The lowest BCUT2D eigenvalue weighted by Crippen LogP contribution is -2.50. The minimum atomic E-state index is 0.0902. The lowest BCUT2D eigenvalue weighted by molar-refractivity contribution is -0.135. The molecule has 0 aromatic carbocycles. The molecule has 0 radical (unpaired) electrons. The van der Waals surface area contributed by atoms with Crippen molar-refractivity contribution < 1.29 is 4.79 Å². The van der Waals surface area contributed by atoms with Gasteiger partial charge < -0.3 is 15.1 Å². The third kappa shape index (κ3) is 2.99. The van der Waals surface area contributed by atoms with Gasteiger partial charge in [0.25, 0.3) is 0 Å². The van der Waals surface area contributed by atoms with Gasteiger partial charge in [0.15, 0.2) is 0 Å². The summed E-state index contributed by atoms with van der Waals surface area (Å²) in [5, 5.41) is 3.33. The van der Waals surface area contributed by atoms with Gasteiger partial charge in [-0.3, -0.25) is 4.79 Å². The minimum Gasteiger partial charge on any atom is -0.337 e. The molecular formula is C13H25N3O. The van der Waals surface area contributed by atoms with Crippen molar-refractivity contribution in [1.29, 1.82) is 0 Å². The van der Waals surface area contributed by atoms with Crippen LogP contribution in [0.5, 0.6) is 0 Å². The Kier molecular flexibility index (Phi) is 4.40. The Balaban J connectivity index is 2.02. The maximum Gasteiger partial charge on any atom is 0.239 e. The van der Waals surface area contributed by atoms with E-state index >= 15 is 0 Å². The second-order valence-electron chi connectivity index (χ2n) is 5.36. The summed E-state index contributed by atoms with van der Waals surface area (Å²) in [6, 6.07) is 0.491. The zero-order valence-corrected chi connectivity index (χ0v) is 11.1. The topological polar surface area (TPSA) is 35.6 Å². The molecule has 2 unspecified atom stereocenters. The first-order chi connectivity index (χ1) is 8.22. The van der Waals surface area contributed by atoms with E-state index in [1.165, 1.54) is 0 Å². The molecule has 2 atom stereocenters. The van der Waals surface area contributed by atoms with E-state index in [0.29, 0.717) is 11.9 Å². The molecule has 4 nitrogen and oxygen atoms in total. The van der Waals surface area contributed by atoms with Crippen molar-refractivity contribution in [3.8, 4) is 0 Å². The molecule has 0 aromatic rings. The van der Waals surface area contributed by atoms with Crippen LogP contribution < -0.4 is 5.32 Å². The summed E-state index contributed by atoms with van der Waals surface area (Å²) in [7, 11) is 2.16. The fourth-order valence-electron chi connectivity index (χ4n) is 2.98. The largest absolute Gasteiger partial charge is 0.337 e. The smallest absolute Gasteiger partial charge is 0.239 e. The molecule has 1 N–H and O–H groups in total. The average molecular weight is 239 g/mol. The molecule has 98 valence electrons. The van der Waals surface area contributed by atoms with Gasteiger partial charge in [-0.2, -0.15) is 0 Å². The maximum absolute atomic E-state index is 12.5. The molecule has 2 aliphatic heterocycles. The van der Waals surface area contributed by atoms with Gasteiger partial charge in [0.1, 0.15) is 0 Å². The molecule has 4 heteroatoms. The molecule has 2 fully saturated rings. The van der Waals surface area contributed by atoms with Crippen molar-refractivity contribution in [3.63, 3.8) is 0 Å². The van der Waals surface area contributed by atoms with E-state index in [2.05, 4.69) is 29.1 Å². The van der Waals surface area contributed by atoms with Crippen LogP contribution in [0, 0.1) is 0 Å². The zero-order chi connectivity index (χ0) is 12.3. The molecule has 17 heavy (non-hydrogen) atoms. The Bertz CT molecular complexity index is 263. The minimum absolute atomic E-state index is 0.0902. The number of hydrogen-bond acceptors (Lipinski definition) is 3. The van der Waals surface area contributed by atoms with Crippen LogP contribution in [0.2, 0.25) is 0 Å². The van der Waals surface area contributed by atoms with Crippen molar-refractivity contribution in [2.45, 2.75) is 44.7 Å². The number of rotatable bonds is 2. The standard InChI is InChI=1S/C13H25N3O/c1-3-11-10-15(2)8-5-9-16(11)13(17)12-6-4-7-14-12/h11-12,14H,3-10H2,1-2H3. The first kappa shape index (κ1) is 12.8. The van der Waals surface area contributed by atoms with Crippen LogP contribution in [-0.2, 0) is 4.79 Å².